The number of rotatable bonds is 5. The van der Waals surface area contributed by atoms with Crippen molar-refractivity contribution in [2.75, 3.05) is 0 Å². The van der Waals surface area contributed by atoms with Crippen LogP contribution in [0.2, 0.25) is 0 Å². The maximum Gasteiger partial charge on any atom is 0.238 e. The van der Waals surface area contributed by atoms with Gasteiger partial charge in [-0.1, -0.05) is 30.3 Å². The summed E-state index contributed by atoms with van der Waals surface area (Å²) in [6.07, 6.45) is 0.566. The van der Waals surface area contributed by atoms with Crippen LogP contribution in [-0.2, 0) is 16.1 Å². The van der Waals surface area contributed by atoms with Gasteiger partial charge >= 0.3 is 0 Å². The molecule has 2 rings (SSSR count). The average Bonchev–Trinajstić information content (AvgIpc) is 2.45. The Morgan fingerprint density at radius 3 is 2.65 bits per heavy atom. The van der Waals surface area contributed by atoms with Crippen molar-refractivity contribution in [3.05, 3.63) is 46.0 Å². The molecule has 6 heteroatoms. The number of ether oxygens (including phenoxy) is 1. The van der Waals surface area contributed by atoms with Gasteiger partial charge in [0.1, 0.15) is 6.10 Å². The van der Waals surface area contributed by atoms with Gasteiger partial charge < -0.3 is 10.5 Å². The largest absolute Gasteiger partial charge is 0.369 e. The van der Waals surface area contributed by atoms with Crippen LogP contribution in [0.1, 0.15) is 24.8 Å². The van der Waals surface area contributed by atoms with Gasteiger partial charge in [-0.2, -0.15) is 0 Å². The third-order valence-electron chi connectivity index (χ3n) is 3.74. The Balaban J connectivity index is 2.00. The van der Waals surface area contributed by atoms with Crippen molar-refractivity contribution in [2.45, 2.75) is 38.0 Å². The van der Waals surface area contributed by atoms with Gasteiger partial charge in [0, 0.05) is 17.3 Å². The predicted molar refractivity (Wildman–Crippen MR) is 72.3 cm³/mol. The lowest BCUT2D eigenvalue weighted by Gasteiger charge is -2.29. The Hall–Kier alpha value is -1.95. The molecule has 0 bridgehead atoms. The zero-order chi connectivity index (χ0) is 14.5. The van der Waals surface area contributed by atoms with Crippen molar-refractivity contribution in [2.24, 2.45) is 11.7 Å². The highest BCUT2D eigenvalue weighted by Crippen LogP contribution is 2.28. The minimum atomic E-state index is -0.755. The lowest BCUT2D eigenvalue weighted by Crippen LogP contribution is -2.44. The van der Waals surface area contributed by atoms with Crippen LogP contribution >= 0.6 is 0 Å². The van der Waals surface area contributed by atoms with Crippen LogP contribution < -0.4 is 5.73 Å². The average molecular weight is 278 g/mol. The number of carbonyl (C=O) groups is 1. The summed E-state index contributed by atoms with van der Waals surface area (Å²) in [5, 5.41) is 11.1. The van der Waals surface area contributed by atoms with Crippen molar-refractivity contribution < 1.29 is 14.5 Å². The first-order chi connectivity index (χ1) is 9.58. The lowest BCUT2D eigenvalue weighted by atomic mass is 9.83. The molecule has 0 saturated heterocycles. The molecule has 3 atom stereocenters. The Kier molecular flexibility index (Phi) is 4.68. The molecule has 0 heterocycles. The minimum Gasteiger partial charge on any atom is -0.369 e. The van der Waals surface area contributed by atoms with Crippen LogP contribution in [-0.4, -0.2) is 23.0 Å². The van der Waals surface area contributed by atoms with E-state index < -0.39 is 18.1 Å². The van der Waals surface area contributed by atoms with Crippen molar-refractivity contribution in [1.29, 1.82) is 0 Å². The van der Waals surface area contributed by atoms with Gasteiger partial charge in [0.25, 0.3) is 0 Å². The van der Waals surface area contributed by atoms with Crippen molar-refractivity contribution >= 4 is 5.91 Å². The molecule has 3 unspecified atom stereocenters. The Bertz CT molecular complexity index is 477. The van der Waals surface area contributed by atoms with Crippen LogP contribution in [0.15, 0.2) is 30.3 Å². The summed E-state index contributed by atoms with van der Waals surface area (Å²) in [7, 11) is 0. The second kappa shape index (κ2) is 6.47. The number of nitro groups is 1. The summed E-state index contributed by atoms with van der Waals surface area (Å²) in [6.45, 7) is 0.307. The normalized spacial score (nSPS) is 26.1. The molecule has 1 fully saturated rings. The van der Waals surface area contributed by atoms with Gasteiger partial charge in [0.05, 0.1) is 6.61 Å². The first kappa shape index (κ1) is 14.5. The van der Waals surface area contributed by atoms with E-state index in [9.17, 15) is 14.9 Å². The summed E-state index contributed by atoms with van der Waals surface area (Å²) in [6, 6.07) is 8.71. The Labute approximate surface area is 117 Å². The molecule has 6 nitrogen and oxygen atoms in total. The van der Waals surface area contributed by atoms with Crippen LogP contribution in [0.4, 0.5) is 0 Å². The van der Waals surface area contributed by atoms with Crippen molar-refractivity contribution in [3.63, 3.8) is 0 Å². The second-order valence-electron chi connectivity index (χ2n) is 5.10. The number of carbonyl (C=O) groups excluding carboxylic acids is 1. The third-order valence-corrected chi connectivity index (χ3v) is 3.74. The van der Waals surface area contributed by atoms with E-state index in [0.29, 0.717) is 25.9 Å². The number of benzene rings is 1. The van der Waals surface area contributed by atoms with Gasteiger partial charge in [-0.25, -0.2) is 0 Å². The molecule has 1 saturated carbocycles. The molecule has 1 aliphatic rings. The van der Waals surface area contributed by atoms with Gasteiger partial charge in [0.2, 0.25) is 11.9 Å². The highest BCUT2D eigenvalue weighted by Gasteiger charge is 2.40. The SMILES string of the molecule is NC(=O)C1CCC([N+](=O)[O-])C(OCc2ccccc2)C1. The quantitative estimate of drug-likeness (QED) is 0.652. The van der Waals surface area contributed by atoms with Crippen LogP contribution in [0.25, 0.3) is 0 Å². The maximum absolute atomic E-state index is 11.2. The van der Waals surface area contributed by atoms with E-state index in [1.807, 2.05) is 30.3 Å². The Morgan fingerprint density at radius 1 is 1.35 bits per heavy atom. The smallest absolute Gasteiger partial charge is 0.238 e. The monoisotopic (exact) mass is 278 g/mol. The molecular formula is C14H18N2O4. The van der Waals surface area contributed by atoms with Crippen LogP contribution in [0.5, 0.6) is 0 Å². The molecule has 20 heavy (non-hydrogen) atoms. The standard InChI is InChI=1S/C14H18N2O4/c15-14(17)11-6-7-12(16(18)19)13(8-11)20-9-10-4-2-1-3-5-10/h1-5,11-13H,6-9H2,(H2,15,17). The summed E-state index contributed by atoms with van der Waals surface area (Å²) < 4.78 is 5.67. The van der Waals surface area contributed by atoms with E-state index in [2.05, 4.69) is 0 Å². The molecule has 2 N–H and O–H groups in total. The molecule has 0 spiro atoms. The number of primary amides is 1. The number of nitrogens with zero attached hydrogens (tertiary/aromatic N) is 1. The molecule has 1 aliphatic carbocycles. The van der Waals surface area contributed by atoms with Gasteiger partial charge in [-0.15, -0.1) is 0 Å². The van der Waals surface area contributed by atoms with Crippen molar-refractivity contribution in [3.8, 4) is 0 Å². The molecule has 1 aromatic rings. The highest BCUT2D eigenvalue weighted by molar-refractivity contribution is 5.76. The second-order valence-corrected chi connectivity index (χ2v) is 5.10. The number of hydrogen-bond donors (Lipinski definition) is 1. The van der Waals surface area contributed by atoms with E-state index in [-0.39, 0.29) is 10.8 Å². The Morgan fingerprint density at radius 2 is 2.05 bits per heavy atom. The summed E-state index contributed by atoms with van der Waals surface area (Å²) in [4.78, 5) is 22.0. The fourth-order valence-electron chi connectivity index (χ4n) is 2.57. The molecule has 0 radical (unpaired) electrons. The zero-order valence-corrected chi connectivity index (χ0v) is 11.1. The van der Waals surface area contributed by atoms with Crippen LogP contribution in [0, 0.1) is 16.0 Å². The molecular weight excluding hydrogens is 260 g/mol. The van der Waals surface area contributed by atoms with Gasteiger partial charge in [-0.3, -0.25) is 14.9 Å². The van der Waals surface area contributed by atoms with E-state index in [1.165, 1.54) is 0 Å². The molecule has 0 aromatic heterocycles. The minimum absolute atomic E-state index is 0.307. The first-order valence-electron chi connectivity index (χ1n) is 6.66. The lowest BCUT2D eigenvalue weighted by molar-refractivity contribution is -0.540. The fraction of sp³-hybridized carbons (Fsp3) is 0.500. The number of hydrogen-bond acceptors (Lipinski definition) is 4. The zero-order valence-electron chi connectivity index (χ0n) is 11.1. The van der Waals surface area contributed by atoms with Gasteiger partial charge in [0.15, 0.2) is 0 Å². The molecule has 0 aliphatic heterocycles. The topological polar surface area (TPSA) is 95.5 Å². The summed E-state index contributed by atoms with van der Waals surface area (Å²) >= 11 is 0. The molecule has 1 amide bonds. The molecule has 1 aromatic carbocycles. The summed E-state index contributed by atoms with van der Waals surface area (Å²) in [5.41, 5.74) is 6.25. The number of nitrogens with two attached hydrogens (primary N) is 1. The van der Waals surface area contributed by atoms with Crippen LogP contribution in [0.3, 0.4) is 0 Å². The van der Waals surface area contributed by atoms with Gasteiger partial charge in [-0.05, 0) is 18.4 Å². The fourth-order valence-corrected chi connectivity index (χ4v) is 2.57. The number of amides is 1. The summed E-state index contributed by atoms with van der Waals surface area (Å²) in [5.74, 6) is -0.730. The van der Waals surface area contributed by atoms with E-state index in [0.717, 1.165) is 5.56 Å². The first-order valence-corrected chi connectivity index (χ1v) is 6.66. The van der Waals surface area contributed by atoms with E-state index in [4.69, 9.17) is 10.5 Å². The van der Waals surface area contributed by atoms with E-state index in [1.54, 1.807) is 0 Å². The predicted octanol–water partition coefficient (Wildman–Crippen LogP) is 1.50. The highest BCUT2D eigenvalue weighted by atomic mass is 16.6. The maximum atomic E-state index is 11.2. The van der Waals surface area contributed by atoms with Crippen molar-refractivity contribution in [1.82, 2.24) is 0 Å². The van der Waals surface area contributed by atoms with E-state index >= 15 is 0 Å². The third kappa shape index (κ3) is 3.54. The molecule has 108 valence electrons.